The van der Waals surface area contributed by atoms with Crippen LogP contribution in [0.5, 0.6) is 17.2 Å². The van der Waals surface area contributed by atoms with E-state index >= 15 is 0 Å². The summed E-state index contributed by atoms with van der Waals surface area (Å²) >= 11 is 0. The van der Waals surface area contributed by atoms with Gasteiger partial charge in [0.05, 0.1) is 16.9 Å². The van der Waals surface area contributed by atoms with Gasteiger partial charge in [-0.05, 0) is 50.2 Å². The first-order chi connectivity index (χ1) is 14.0. The quantitative estimate of drug-likeness (QED) is 0.692. The minimum absolute atomic E-state index is 0.201. The van der Waals surface area contributed by atoms with Crippen molar-refractivity contribution in [3.8, 4) is 17.2 Å². The first kappa shape index (κ1) is 18.9. The molecular formula is C22H23N3O4. The van der Waals surface area contributed by atoms with Gasteiger partial charge in [-0.2, -0.15) is 0 Å². The van der Waals surface area contributed by atoms with Crippen molar-refractivity contribution in [2.24, 2.45) is 0 Å². The van der Waals surface area contributed by atoms with Crippen molar-refractivity contribution in [2.45, 2.75) is 19.9 Å². The van der Waals surface area contributed by atoms with Gasteiger partial charge in [0.1, 0.15) is 25.6 Å². The Bertz CT molecular complexity index is 1070. The molecule has 2 heterocycles. The molecule has 0 saturated carbocycles. The molecule has 7 heteroatoms. The molecule has 0 unspecified atom stereocenters. The van der Waals surface area contributed by atoms with Crippen molar-refractivity contribution < 1.29 is 19.0 Å². The Hall–Kier alpha value is -3.48. The van der Waals surface area contributed by atoms with Crippen LogP contribution in [0.3, 0.4) is 0 Å². The third-order valence-corrected chi connectivity index (χ3v) is 4.62. The number of hydrogen-bond acceptors (Lipinski definition) is 6. The van der Waals surface area contributed by atoms with Crippen LogP contribution < -0.4 is 25.3 Å². The molecule has 3 N–H and O–H groups in total. The molecule has 0 bridgehead atoms. The number of aryl methyl sites for hydroxylation is 1. The van der Waals surface area contributed by atoms with E-state index < -0.39 is 0 Å². The molecular weight excluding hydrogens is 370 g/mol. The molecule has 4 rings (SSSR count). The normalized spacial score (nSPS) is 13.7. The highest BCUT2D eigenvalue weighted by molar-refractivity contribution is 5.96. The number of nitrogen functional groups attached to an aromatic ring is 1. The van der Waals surface area contributed by atoms with Crippen molar-refractivity contribution in [1.29, 1.82) is 0 Å². The van der Waals surface area contributed by atoms with Gasteiger partial charge in [-0.15, -0.1) is 0 Å². The van der Waals surface area contributed by atoms with Crippen molar-refractivity contribution in [3.05, 3.63) is 53.7 Å². The molecule has 0 saturated heterocycles. The first-order valence-corrected chi connectivity index (χ1v) is 9.50. The minimum Gasteiger partial charge on any atom is -0.491 e. The van der Waals surface area contributed by atoms with Crippen molar-refractivity contribution in [2.75, 3.05) is 25.6 Å². The highest BCUT2D eigenvalue weighted by Crippen LogP contribution is 2.31. The smallest absolute Gasteiger partial charge is 0.251 e. The second kappa shape index (κ2) is 7.87. The standard InChI is InChI=1S/C22H23N3O4/c1-13-10-16(23)21-17(24-13)4-3-5-19(21)29-12-14(2)25-22(26)15-6-7-18-20(11-15)28-9-8-27-18/h3-7,10-11,14H,8-9,12H2,1-2H3,(H2,23,24)(H,25,26)/t14-/m0/s1. The maximum atomic E-state index is 12.6. The summed E-state index contributed by atoms with van der Waals surface area (Å²) < 4.78 is 17.0. The largest absolute Gasteiger partial charge is 0.491 e. The number of rotatable bonds is 5. The van der Waals surface area contributed by atoms with E-state index in [-0.39, 0.29) is 11.9 Å². The van der Waals surface area contributed by atoms with Gasteiger partial charge in [-0.1, -0.05) is 6.07 Å². The summed E-state index contributed by atoms with van der Waals surface area (Å²) in [5, 5.41) is 3.72. The number of anilines is 1. The highest BCUT2D eigenvalue weighted by atomic mass is 16.6. The fourth-order valence-electron chi connectivity index (χ4n) is 3.29. The molecule has 3 aromatic rings. The van der Waals surface area contributed by atoms with E-state index in [0.29, 0.717) is 48.3 Å². The highest BCUT2D eigenvalue weighted by Gasteiger charge is 2.17. The number of benzene rings is 2. The molecule has 29 heavy (non-hydrogen) atoms. The maximum absolute atomic E-state index is 12.6. The van der Waals surface area contributed by atoms with E-state index in [1.165, 1.54) is 0 Å². The zero-order valence-electron chi connectivity index (χ0n) is 16.4. The Labute approximate surface area is 168 Å². The van der Waals surface area contributed by atoms with Crippen LogP contribution in [0.2, 0.25) is 0 Å². The van der Waals surface area contributed by atoms with E-state index in [1.807, 2.05) is 38.1 Å². The zero-order chi connectivity index (χ0) is 20.4. The predicted molar refractivity (Wildman–Crippen MR) is 111 cm³/mol. The Morgan fingerprint density at radius 1 is 1.21 bits per heavy atom. The second-order valence-corrected chi connectivity index (χ2v) is 7.05. The number of aromatic nitrogens is 1. The van der Waals surface area contributed by atoms with Gasteiger partial charge in [-0.25, -0.2) is 0 Å². The summed E-state index contributed by atoms with van der Waals surface area (Å²) in [4.78, 5) is 17.1. The molecule has 150 valence electrons. The van der Waals surface area contributed by atoms with Gasteiger partial charge in [-0.3, -0.25) is 9.78 Å². The van der Waals surface area contributed by atoms with Crippen LogP contribution in [0, 0.1) is 6.92 Å². The lowest BCUT2D eigenvalue weighted by molar-refractivity contribution is 0.0925. The van der Waals surface area contributed by atoms with Crippen molar-refractivity contribution in [3.63, 3.8) is 0 Å². The minimum atomic E-state index is -0.217. The van der Waals surface area contributed by atoms with Crippen LogP contribution in [0.1, 0.15) is 23.0 Å². The summed E-state index contributed by atoms with van der Waals surface area (Å²) in [6, 6.07) is 12.4. The summed E-state index contributed by atoms with van der Waals surface area (Å²) in [5.74, 6) is 1.68. The van der Waals surface area contributed by atoms with Gasteiger partial charge in [0.15, 0.2) is 11.5 Å². The number of carbonyl (C=O) groups is 1. The number of nitrogens with zero attached hydrogens (tertiary/aromatic N) is 1. The molecule has 1 amide bonds. The summed E-state index contributed by atoms with van der Waals surface area (Å²) in [7, 11) is 0. The number of ether oxygens (including phenoxy) is 3. The lowest BCUT2D eigenvalue weighted by Crippen LogP contribution is -2.36. The Balaban J connectivity index is 1.42. The van der Waals surface area contributed by atoms with Crippen molar-refractivity contribution in [1.82, 2.24) is 10.3 Å². The summed E-state index contributed by atoms with van der Waals surface area (Å²) in [6.07, 6.45) is 0. The van der Waals surface area contributed by atoms with Crippen LogP contribution in [-0.4, -0.2) is 36.8 Å². The number of pyridine rings is 1. The van der Waals surface area contributed by atoms with Crippen LogP contribution in [0.25, 0.3) is 10.9 Å². The molecule has 1 aliphatic rings. The first-order valence-electron chi connectivity index (χ1n) is 9.50. The molecule has 0 radical (unpaired) electrons. The van der Waals surface area contributed by atoms with Crippen LogP contribution >= 0.6 is 0 Å². The SMILES string of the molecule is Cc1cc(N)c2c(OC[C@H](C)NC(=O)c3ccc4c(c3)OCCO4)cccc2n1. The zero-order valence-corrected chi connectivity index (χ0v) is 16.4. The molecule has 1 aromatic heterocycles. The average Bonchev–Trinajstić information content (AvgIpc) is 2.71. The molecule has 1 aliphatic heterocycles. The predicted octanol–water partition coefficient (Wildman–Crippen LogP) is 3.09. The molecule has 7 nitrogen and oxygen atoms in total. The fraction of sp³-hybridized carbons (Fsp3) is 0.273. The average molecular weight is 393 g/mol. The topological polar surface area (TPSA) is 95.7 Å². The van der Waals surface area contributed by atoms with E-state index in [0.717, 1.165) is 16.6 Å². The van der Waals surface area contributed by atoms with Gasteiger partial charge >= 0.3 is 0 Å². The summed E-state index contributed by atoms with van der Waals surface area (Å²) in [5.41, 5.74) is 8.93. The number of nitrogens with one attached hydrogen (secondary N) is 1. The molecule has 1 atom stereocenters. The molecule has 2 aromatic carbocycles. The molecule has 0 spiro atoms. The van der Waals surface area contributed by atoms with Gasteiger partial charge < -0.3 is 25.3 Å². The van der Waals surface area contributed by atoms with Crippen molar-refractivity contribution >= 4 is 22.5 Å². The van der Waals surface area contributed by atoms with Crippen LogP contribution in [-0.2, 0) is 0 Å². The van der Waals surface area contributed by atoms with E-state index in [4.69, 9.17) is 19.9 Å². The van der Waals surface area contributed by atoms with E-state index in [1.54, 1.807) is 18.2 Å². The number of nitrogens with two attached hydrogens (primary N) is 1. The maximum Gasteiger partial charge on any atom is 0.251 e. The fourth-order valence-corrected chi connectivity index (χ4v) is 3.29. The Morgan fingerprint density at radius 3 is 2.83 bits per heavy atom. The van der Waals surface area contributed by atoms with E-state index in [2.05, 4.69) is 10.3 Å². The third kappa shape index (κ3) is 4.03. The van der Waals surface area contributed by atoms with E-state index in [9.17, 15) is 4.79 Å². The van der Waals surface area contributed by atoms with Gasteiger partial charge in [0.2, 0.25) is 0 Å². The number of amides is 1. The summed E-state index contributed by atoms with van der Waals surface area (Å²) in [6.45, 7) is 5.07. The number of fused-ring (bicyclic) bond motifs is 2. The van der Waals surface area contributed by atoms with Crippen LogP contribution in [0.4, 0.5) is 5.69 Å². The number of carbonyl (C=O) groups excluding carboxylic acids is 1. The van der Waals surface area contributed by atoms with Gasteiger partial charge in [0, 0.05) is 16.9 Å². The Morgan fingerprint density at radius 2 is 2.00 bits per heavy atom. The lowest BCUT2D eigenvalue weighted by atomic mass is 10.1. The van der Waals surface area contributed by atoms with Crippen LogP contribution in [0.15, 0.2) is 42.5 Å². The monoisotopic (exact) mass is 393 g/mol. The number of hydrogen-bond donors (Lipinski definition) is 2. The molecule has 0 fully saturated rings. The Kier molecular flexibility index (Phi) is 5.12. The molecule has 0 aliphatic carbocycles. The second-order valence-electron chi connectivity index (χ2n) is 7.05. The van der Waals surface area contributed by atoms with Gasteiger partial charge in [0.25, 0.3) is 5.91 Å². The lowest BCUT2D eigenvalue weighted by Gasteiger charge is -2.20. The third-order valence-electron chi connectivity index (χ3n) is 4.62.